The van der Waals surface area contributed by atoms with Gasteiger partial charge < -0.3 is 14.6 Å². The summed E-state index contributed by atoms with van der Waals surface area (Å²) in [6, 6.07) is 22.4. The van der Waals surface area contributed by atoms with Crippen LogP contribution < -0.4 is 14.4 Å². The number of carbonyl (C=O) groups excluding carboxylic acids is 2. The highest BCUT2D eigenvalue weighted by Gasteiger charge is 2.46. The lowest BCUT2D eigenvalue weighted by Gasteiger charge is -2.25. The molecule has 180 valence electrons. The first-order valence-corrected chi connectivity index (χ1v) is 11.9. The van der Waals surface area contributed by atoms with Gasteiger partial charge in [0.05, 0.1) is 24.8 Å². The largest absolute Gasteiger partial charge is 0.507 e. The molecule has 0 saturated carbocycles. The van der Waals surface area contributed by atoms with E-state index >= 15 is 0 Å². The molecule has 0 spiro atoms. The minimum absolute atomic E-state index is 0.0447. The summed E-state index contributed by atoms with van der Waals surface area (Å²) < 4.78 is 11.3. The minimum atomic E-state index is -0.784. The molecular weight excluding hydrogens is 442 g/mol. The predicted octanol–water partition coefficient (Wildman–Crippen LogP) is 5.89. The molecule has 0 radical (unpaired) electrons. The molecule has 6 heteroatoms. The van der Waals surface area contributed by atoms with Crippen LogP contribution in [-0.2, 0) is 9.59 Å². The zero-order valence-corrected chi connectivity index (χ0v) is 19.9. The number of para-hydroxylation sites is 1. The van der Waals surface area contributed by atoms with Crippen molar-refractivity contribution in [3.05, 3.63) is 95.6 Å². The van der Waals surface area contributed by atoms with E-state index in [0.717, 1.165) is 12.8 Å². The van der Waals surface area contributed by atoms with Crippen molar-refractivity contribution in [1.82, 2.24) is 0 Å². The van der Waals surface area contributed by atoms with Gasteiger partial charge in [-0.3, -0.25) is 14.5 Å². The second-order valence-corrected chi connectivity index (χ2v) is 8.29. The van der Waals surface area contributed by atoms with Gasteiger partial charge in [-0.25, -0.2) is 0 Å². The highest BCUT2D eigenvalue weighted by Crippen LogP contribution is 2.42. The number of rotatable bonds is 9. The summed E-state index contributed by atoms with van der Waals surface area (Å²) in [7, 11) is 0. The van der Waals surface area contributed by atoms with Crippen molar-refractivity contribution in [3.8, 4) is 11.5 Å². The van der Waals surface area contributed by atoms with E-state index < -0.39 is 17.7 Å². The van der Waals surface area contributed by atoms with Crippen molar-refractivity contribution in [2.75, 3.05) is 18.1 Å². The summed E-state index contributed by atoms with van der Waals surface area (Å²) in [6.07, 6.45) is 1.77. The summed E-state index contributed by atoms with van der Waals surface area (Å²) in [4.78, 5) is 27.9. The van der Waals surface area contributed by atoms with E-state index in [-0.39, 0.29) is 11.3 Å². The first-order chi connectivity index (χ1) is 17.0. The van der Waals surface area contributed by atoms with Crippen LogP contribution >= 0.6 is 0 Å². The van der Waals surface area contributed by atoms with Crippen LogP contribution in [0.4, 0.5) is 5.69 Å². The number of anilines is 1. The van der Waals surface area contributed by atoms with Crippen LogP contribution in [-0.4, -0.2) is 30.0 Å². The Morgan fingerprint density at radius 3 is 1.89 bits per heavy atom. The number of ketones is 1. The fraction of sp³-hybridized carbons (Fsp3) is 0.241. The second-order valence-electron chi connectivity index (χ2n) is 8.29. The van der Waals surface area contributed by atoms with E-state index in [1.807, 2.05) is 56.3 Å². The van der Waals surface area contributed by atoms with E-state index in [2.05, 4.69) is 0 Å². The highest BCUT2D eigenvalue weighted by molar-refractivity contribution is 6.51. The standard InChI is InChI=1S/C29H29NO5/c1-3-18-34-23-14-10-20(11-15-23)26-25(27(31)21-12-16-24(17-13-21)35-19-4-2)28(32)29(33)30(26)22-8-6-5-7-9-22/h5-17,26,31H,3-4,18-19H2,1-2H3/b27-25-. The molecule has 0 bridgehead atoms. The molecular formula is C29H29NO5. The Hall–Kier alpha value is -4.06. The molecule has 1 unspecified atom stereocenters. The third-order valence-corrected chi connectivity index (χ3v) is 5.75. The molecule has 6 nitrogen and oxygen atoms in total. The summed E-state index contributed by atoms with van der Waals surface area (Å²) in [5, 5.41) is 11.3. The highest BCUT2D eigenvalue weighted by atomic mass is 16.5. The Balaban J connectivity index is 1.79. The van der Waals surface area contributed by atoms with Crippen LogP contribution in [0.2, 0.25) is 0 Å². The Labute approximate surface area is 205 Å². The molecule has 0 aliphatic carbocycles. The van der Waals surface area contributed by atoms with Gasteiger partial charge >= 0.3 is 0 Å². The van der Waals surface area contributed by atoms with Crippen molar-refractivity contribution in [3.63, 3.8) is 0 Å². The molecule has 1 N–H and O–H groups in total. The Kier molecular flexibility index (Phi) is 7.51. The average Bonchev–Trinajstić information content (AvgIpc) is 3.17. The summed E-state index contributed by atoms with van der Waals surface area (Å²) in [5.41, 5.74) is 1.76. The van der Waals surface area contributed by atoms with Crippen molar-refractivity contribution in [2.45, 2.75) is 32.7 Å². The van der Waals surface area contributed by atoms with Gasteiger partial charge in [-0.15, -0.1) is 0 Å². The molecule has 0 aromatic heterocycles. The zero-order chi connectivity index (χ0) is 24.8. The van der Waals surface area contributed by atoms with Crippen LogP contribution in [0.15, 0.2) is 84.4 Å². The van der Waals surface area contributed by atoms with Gasteiger partial charge in [0, 0.05) is 11.3 Å². The Morgan fingerprint density at radius 2 is 1.34 bits per heavy atom. The third kappa shape index (κ3) is 5.06. The molecule has 3 aromatic carbocycles. The fourth-order valence-electron chi connectivity index (χ4n) is 4.05. The van der Waals surface area contributed by atoms with Gasteiger partial charge in [-0.1, -0.05) is 44.2 Å². The normalized spacial score (nSPS) is 17.0. The van der Waals surface area contributed by atoms with Crippen LogP contribution in [0, 0.1) is 0 Å². The lowest BCUT2D eigenvalue weighted by atomic mass is 9.95. The second kappa shape index (κ2) is 10.9. The minimum Gasteiger partial charge on any atom is -0.507 e. The van der Waals surface area contributed by atoms with Gasteiger partial charge in [0.25, 0.3) is 11.7 Å². The molecule has 1 aliphatic rings. The summed E-state index contributed by atoms with van der Waals surface area (Å²) in [5.74, 6) is -0.256. The number of carbonyl (C=O) groups is 2. The van der Waals surface area contributed by atoms with Gasteiger partial charge in [-0.05, 0) is 66.9 Å². The van der Waals surface area contributed by atoms with Crippen molar-refractivity contribution < 1.29 is 24.2 Å². The average molecular weight is 472 g/mol. The van der Waals surface area contributed by atoms with E-state index in [1.54, 1.807) is 36.4 Å². The van der Waals surface area contributed by atoms with E-state index in [1.165, 1.54) is 4.90 Å². The molecule has 4 rings (SSSR count). The molecule has 3 aromatic rings. The number of hydrogen-bond donors (Lipinski definition) is 1. The van der Waals surface area contributed by atoms with Gasteiger partial charge in [-0.2, -0.15) is 0 Å². The van der Waals surface area contributed by atoms with Gasteiger partial charge in [0.2, 0.25) is 0 Å². The molecule has 1 fully saturated rings. The molecule has 1 atom stereocenters. The number of ether oxygens (including phenoxy) is 2. The van der Waals surface area contributed by atoms with Crippen molar-refractivity contribution in [2.24, 2.45) is 0 Å². The maximum atomic E-state index is 13.2. The number of Topliss-reactive ketones (excluding diaryl/α,β-unsaturated/α-hetero) is 1. The first-order valence-electron chi connectivity index (χ1n) is 11.9. The number of amides is 1. The maximum Gasteiger partial charge on any atom is 0.300 e. The number of aliphatic hydroxyl groups excluding tert-OH is 1. The third-order valence-electron chi connectivity index (χ3n) is 5.75. The summed E-state index contributed by atoms with van der Waals surface area (Å²) in [6.45, 7) is 5.24. The van der Waals surface area contributed by atoms with Gasteiger partial charge in [0.15, 0.2) is 0 Å². The van der Waals surface area contributed by atoms with Crippen LogP contribution in [0.1, 0.15) is 43.9 Å². The molecule has 35 heavy (non-hydrogen) atoms. The van der Waals surface area contributed by atoms with Crippen molar-refractivity contribution in [1.29, 1.82) is 0 Å². The number of benzene rings is 3. The Morgan fingerprint density at radius 1 is 0.800 bits per heavy atom. The fourth-order valence-corrected chi connectivity index (χ4v) is 4.05. The quantitative estimate of drug-likeness (QED) is 0.239. The molecule has 1 saturated heterocycles. The van der Waals surface area contributed by atoms with E-state index in [0.29, 0.717) is 41.5 Å². The molecule has 1 aliphatic heterocycles. The molecule has 1 heterocycles. The van der Waals surface area contributed by atoms with Crippen LogP contribution in [0.5, 0.6) is 11.5 Å². The monoisotopic (exact) mass is 471 g/mol. The number of nitrogens with zero attached hydrogens (tertiary/aromatic N) is 1. The first kappa shape index (κ1) is 24.1. The van der Waals surface area contributed by atoms with Crippen molar-refractivity contribution >= 4 is 23.1 Å². The lowest BCUT2D eigenvalue weighted by Crippen LogP contribution is -2.29. The number of hydrogen-bond acceptors (Lipinski definition) is 5. The zero-order valence-electron chi connectivity index (χ0n) is 19.9. The SMILES string of the molecule is CCCOc1ccc(/C(O)=C2/C(=O)C(=O)N(c3ccccc3)C2c2ccc(OCCC)cc2)cc1. The van der Waals surface area contributed by atoms with E-state index in [4.69, 9.17) is 9.47 Å². The topological polar surface area (TPSA) is 76.1 Å². The molecule has 1 amide bonds. The Bertz CT molecular complexity index is 1200. The van der Waals surface area contributed by atoms with Crippen LogP contribution in [0.25, 0.3) is 5.76 Å². The lowest BCUT2D eigenvalue weighted by molar-refractivity contribution is -0.132. The van der Waals surface area contributed by atoms with E-state index in [9.17, 15) is 14.7 Å². The van der Waals surface area contributed by atoms with Gasteiger partial charge in [0.1, 0.15) is 17.3 Å². The number of aliphatic hydroxyl groups is 1. The predicted molar refractivity (Wildman–Crippen MR) is 136 cm³/mol. The summed E-state index contributed by atoms with van der Waals surface area (Å²) >= 11 is 0. The van der Waals surface area contributed by atoms with Crippen LogP contribution in [0.3, 0.4) is 0 Å². The smallest absolute Gasteiger partial charge is 0.300 e. The maximum absolute atomic E-state index is 13.2.